The lowest BCUT2D eigenvalue weighted by molar-refractivity contribution is 0.0529. The van der Waals surface area contributed by atoms with Crippen LogP contribution in [0.5, 0.6) is 0 Å². The summed E-state index contributed by atoms with van der Waals surface area (Å²) in [6.07, 6.45) is 5.97. The number of anilines is 3. The van der Waals surface area contributed by atoms with Gasteiger partial charge in [0.2, 0.25) is 5.95 Å². The number of piperidine rings is 1. The van der Waals surface area contributed by atoms with Crippen molar-refractivity contribution in [3.63, 3.8) is 0 Å². The Kier molecular flexibility index (Phi) is 7.09. The highest BCUT2D eigenvalue weighted by molar-refractivity contribution is 5.84. The van der Waals surface area contributed by atoms with Gasteiger partial charge in [-0.3, -0.25) is 0 Å². The van der Waals surface area contributed by atoms with Crippen LogP contribution in [0.1, 0.15) is 45.2 Å². The molecule has 206 valence electrons. The number of fused-ring (bicyclic) bond motifs is 1. The van der Waals surface area contributed by atoms with Gasteiger partial charge in [-0.2, -0.15) is 15.1 Å². The van der Waals surface area contributed by atoms with E-state index in [1.807, 2.05) is 23.3 Å². The normalized spacial score (nSPS) is 18.8. The van der Waals surface area contributed by atoms with Crippen molar-refractivity contribution >= 4 is 28.7 Å². The number of morpholine rings is 1. The third-order valence-corrected chi connectivity index (χ3v) is 7.61. The number of imidazole rings is 1. The summed E-state index contributed by atoms with van der Waals surface area (Å²) in [5, 5.41) is 8.49. The van der Waals surface area contributed by atoms with Crippen molar-refractivity contribution in [2.45, 2.75) is 58.3 Å². The summed E-state index contributed by atoms with van der Waals surface area (Å²) >= 11 is 0. The Morgan fingerprint density at radius 2 is 1.90 bits per heavy atom. The number of nitrogens with zero attached hydrogens (tertiary/aromatic N) is 8. The Labute approximate surface area is 229 Å². The zero-order valence-electron chi connectivity index (χ0n) is 23.0. The van der Waals surface area contributed by atoms with Gasteiger partial charge in [0.05, 0.1) is 24.7 Å². The summed E-state index contributed by atoms with van der Waals surface area (Å²) in [6.45, 7) is 11.1. The molecule has 0 saturated carbocycles. The lowest BCUT2D eigenvalue weighted by atomic mass is 10.1. The molecule has 0 bridgehead atoms. The molecule has 3 N–H and O–H groups in total. The third kappa shape index (κ3) is 5.28. The molecule has 11 nitrogen and oxygen atoms in total. The minimum absolute atomic E-state index is 0.204. The van der Waals surface area contributed by atoms with Gasteiger partial charge >= 0.3 is 0 Å². The summed E-state index contributed by atoms with van der Waals surface area (Å²) in [4.78, 5) is 19.1. The van der Waals surface area contributed by atoms with Gasteiger partial charge in [-0.1, -0.05) is 18.2 Å². The Morgan fingerprint density at radius 3 is 2.69 bits per heavy atom. The zero-order valence-corrected chi connectivity index (χ0v) is 23.0. The van der Waals surface area contributed by atoms with E-state index in [-0.39, 0.29) is 18.2 Å². The summed E-state index contributed by atoms with van der Waals surface area (Å²) in [6, 6.07) is 10.9. The second kappa shape index (κ2) is 10.8. The van der Waals surface area contributed by atoms with Crippen molar-refractivity contribution in [2.24, 2.45) is 5.73 Å². The molecule has 3 aromatic heterocycles. The van der Waals surface area contributed by atoms with Crippen molar-refractivity contribution in [3.8, 4) is 5.69 Å². The van der Waals surface area contributed by atoms with Crippen LogP contribution in [0.4, 0.5) is 17.6 Å². The van der Waals surface area contributed by atoms with E-state index >= 15 is 0 Å². The lowest BCUT2D eigenvalue weighted by Crippen LogP contribution is -2.41. The maximum atomic E-state index is 6.16. The quantitative estimate of drug-likeness (QED) is 0.371. The first-order chi connectivity index (χ1) is 19.0. The first-order valence-electron chi connectivity index (χ1n) is 14.0. The smallest absolute Gasteiger partial charge is 0.229 e. The largest absolute Gasteiger partial charge is 0.375 e. The average molecular weight is 531 g/mol. The highest BCUT2D eigenvalue weighted by atomic mass is 16.5. The summed E-state index contributed by atoms with van der Waals surface area (Å²) in [7, 11) is 0. The van der Waals surface area contributed by atoms with E-state index in [2.05, 4.69) is 64.7 Å². The van der Waals surface area contributed by atoms with Crippen LogP contribution in [-0.2, 0) is 11.3 Å². The fraction of sp³-hybridized carbons (Fsp3) is 0.500. The SMILES string of the molecule is CC(C)n1cnc2c(NCc3ccccc3-n3ccc(N4CCO[C@H](C)C4)n3)nc(N3CCC(N)CC3)nc21. The summed E-state index contributed by atoms with van der Waals surface area (Å²) in [5.41, 5.74) is 9.92. The minimum Gasteiger partial charge on any atom is -0.375 e. The van der Waals surface area contributed by atoms with Crippen molar-refractivity contribution in [3.05, 3.63) is 48.4 Å². The summed E-state index contributed by atoms with van der Waals surface area (Å²) < 4.78 is 9.76. The number of ether oxygens (including phenoxy) is 1. The van der Waals surface area contributed by atoms with Gasteiger partial charge in [-0.25, -0.2) is 9.67 Å². The van der Waals surface area contributed by atoms with Crippen molar-refractivity contribution in [1.29, 1.82) is 0 Å². The molecule has 39 heavy (non-hydrogen) atoms. The first kappa shape index (κ1) is 25.6. The van der Waals surface area contributed by atoms with Gasteiger partial charge in [-0.05, 0) is 45.2 Å². The Hall–Kier alpha value is -3.70. The zero-order chi connectivity index (χ0) is 26.9. The molecule has 0 unspecified atom stereocenters. The molecular formula is C28H38N10O. The van der Waals surface area contributed by atoms with Crippen LogP contribution in [0.15, 0.2) is 42.9 Å². The molecule has 4 aromatic rings. The van der Waals surface area contributed by atoms with Crippen LogP contribution in [0.25, 0.3) is 16.9 Å². The van der Waals surface area contributed by atoms with Gasteiger partial charge in [0.15, 0.2) is 22.8 Å². The maximum Gasteiger partial charge on any atom is 0.229 e. The van der Waals surface area contributed by atoms with Crippen LogP contribution in [0, 0.1) is 0 Å². The van der Waals surface area contributed by atoms with Crippen LogP contribution < -0.4 is 20.9 Å². The second-order valence-electron chi connectivity index (χ2n) is 10.8. The van der Waals surface area contributed by atoms with Gasteiger partial charge in [0.1, 0.15) is 0 Å². The number of nitrogens with one attached hydrogen (secondary N) is 1. The standard InChI is InChI=1S/C28H38N10O/c1-19(2)37-18-31-25-26(32-28(33-27(25)37)35-11-8-22(29)9-12-35)30-16-21-6-4-5-7-23(21)38-13-10-24(34-38)36-14-15-39-20(3)17-36/h4-7,10,13,18-20,22H,8-9,11-12,14-17,29H2,1-3H3,(H,30,32,33)/t20-/m1/s1. The van der Waals surface area contributed by atoms with Crippen LogP contribution in [0.3, 0.4) is 0 Å². The maximum absolute atomic E-state index is 6.16. The Morgan fingerprint density at radius 1 is 1.08 bits per heavy atom. The molecule has 1 aromatic carbocycles. The molecule has 1 atom stereocenters. The highest BCUT2D eigenvalue weighted by Gasteiger charge is 2.23. The van der Waals surface area contributed by atoms with E-state index in [0.29, 0.717) is 6.54 Å². The molecule has 2 aliphatic rings. The van der Waals surface area contributed by atoms with E-state index < -0.39 is 0 Å². The molecule has 5 heterocycles. The fourth-order valence-electron chi connectivity index (χ4n) is 5.35. The number of hydrogen-bond acceptors (Lipinski definition) is 9. The van der Waals surface area contributed by atoms with Crippen molar-refractivity contribution in [1.82, 2.24) is 29.3 Å². The predicted molar refractivity (Wildman–Crippen MR) is 154 cm³/mol. The molecule has 2 aliphatic heterocycles. The Bertz CT molecular complexity index is 1420. The number of rotatable bonds is 7. The topological polar surface area (TPSA) is 115 Å². The molecule has 2 fully saturated rings. The number of para-hydroxylation sites is 1. The second-order valence-corrected chi connectivity index (χ2v) is 10.8. The predicted octanol–water partition coefficient (Wildman–Crippen LogP) is 3.36. The molecule has 11 heteroatoms. The first-order valence-corrected chi connectivity index (χ1v) is 14.0. The molecule has 0 radical (unpaired) electrons. The third-order valence-electron chi connectivity index (χ3n) is 7.61. The molecule has 0 spiro atoms. The molecule has 6 rings (SSSR count). The van der Waals surface area contributed by atoms with E-state index in [0.717, 1.165) is 85.6 Å². The number of hydrogen-bond donors (Lipinski definition) is 2. The number of benzene rings is 1. The van der Waals surface area contributed by atoms with Crippen molar-refractivity contribution < 1.29 is 4.74 Å². The molecule has 0 aliphatic carbocycles. The fourth-order valence-corrected chi connectivity index (χ4v) is 5.35. The number of nitrogens with two attached hydrogens (primary N) is 1. The minimum atomic E-state index is 0.204. The van der Waals surface area contributed by atoms with Gasteiger partial charge in [0.25, 0.3) is 0 Å². The molecule has 2 saturated heterocycles. The monoisotopic (exact) mass is 530 g/mol. The van der Waals surface area contributed by atoms with E-state index in [9.17, 15) is 0 Å². The van der Waals surface area contributed by atoms with Crippen LogP contribution >= 0.6 is 0 Å². The van der Waals surface area contributed by atoms with Gasteiger partial charge in [-0.15, -0.1) is 0 Å². The van der Waals surface area contributed by atoms with Crippen LogP contribution in [0.2, 0.25) is 0 Å². The molecular weight excluding hydrogens is 492 g/mol. The lowest BCUT2D eigenvalue weighted by Gasteiger charge is -2.31. The van der Waals surface area contributed by atoms with E-state index in [1.54, 1.807) is 0 Å². The van der Waals surface area contributed by atoms with E-state index in [4.69, 9.17) is 30.5 Å². The van der Waals surface area contributed by atoms with E-state index in [1.165, 1.54) is 0 Å². The van der Waals surface area contributed by atoms with Gasteiger partial charge < -0.3 is 30.2 Å². The summed E-state index contributed by atoms with van der Waals surface area (Å²) in [5.74, 6) is 2.43. The van der Waals surface area contributed by atoms with Crippen LogP contribution in [-0.4, -0.2) is 74.2 Å². The van der Waals surface area contributed by atoms with Crippen molar-refractivity contribution in [2.75, 3.05) is 47.9 Å². The average Bonchev–Trinajstić information content (AvgIpc) is 3.60. The highest BCUT2D eigenvalue weighted by Crippen LogP contribution is 2.27. The Balaban J connectivity index is 1.28. The molecule has 0 amide bonds. The number of aromatic nitrogens is 6. The van der Waals surface area contributed by atoms with Gasteiger partial charge in [0, 0.05) is 57.1 Å².